The lowest BCUT2D eigenvalue weighted by molar-refractivity contribution is -0.127. The number of rotatable bonds is 2. The first-order valence-corrected chi connectivity index (χ1v) is 10.7. The number of piperidine rings is 2. The summed E-state index contributed by atoms with van der Waals surface area (Å²) in [7, 11) is 0. The van der Waals surface area contributed by atoms with E-state index >= 15 is 0 Å². The van der Waals surface area contributed by atoms with Gasteiger partial charge in [0, 0.05) is 43.6 Å². The van der Waals surface area contributed by atoms with Gasteiger partial charge in [0.15, 0.2) is 0 Å². The lowest BCUT2D eigenvalue weighted by Crippen LogP contribution is -2.53. The van der Waals surface area contributed by atoms with E-state index in [9.17, 15) is 9.59 Å². The van der Waals surface area contributed by atoms with E-state index in [1.807, 2.05) is 9.80 Å². The van der Waals surface area contributed by atoms with Crippen LogP contribution in [-0.2, 0) is 17.8 Å². The fourth-order valence-electron chi connectivity index (χ4n) is 4.27. The molecule has 2 fully saturated rings. The van der Waals surface area contributed by atoms with E-state index in [0.29, 0.717) is 13.1 Å². The van der Waals surface area contributed by atoms with E-state index in [4.69, 9.17) is 0 Å². The lowest BCUT2D eigenvalue weighted by atomic mass is 9.96. The van der Waals surface area contributed by atoms with Gasteiger partial charge >= 0.3 is 6.03 Å². The van der Waals surface area contributed by atoms with Crippen LogP contribution >= 0.6 is 11.3 Å². The number of hydrogen-bond acceptors (Lipinski definition) is 4. The van der Waals surface area contributed by atoms with Crippen molar-refractivity contribution in [3.05, 3.63) is 21.9 Å². The van der Waals surface area contributed by atoms with Crippen LogP contribution < -0.4 is 10.6 Å². The van der Waals surface area contributed by atoms with E-state index in [0.717, 1.165) is 58.3 Å². The van der Waals surface area contributed by atoms with E-state index in [-0.39, 0.29) is 23.9 Å². The summed E-state index contributed by atoms with van der Waals surface area (Å²) in [6.07, 6.45) is 4.89. The molecule has 0 aromatic carbocycles. The van der Waals surface area contributed by atoms with Crippen LogP contribution in [0.2, 0.25) is 0 Å². The van der Waals surface area contributed by atoms with E-state index in [2.05, 4.69) is 22.1 Å². The maximum Gasteiger partial charge on any atom is 0.320 e. The van der Waals surface area contributed by atoms with Crippen LogP contribution in [0.1, 0.15) is 36.1 Å². The van der Waals surface area contributed by atoms with Crippen molar-refractivity contribution in [1.82, 2.24) is 20.4 Å². The minimum atomic E-state index is -0.0730. The summed E-state index contributed by atoms with van der Waals surface area (Å²) in [4.78, 5) is 30.9. The number of hydrogen-bond donors (Lipinski definition) is 2. The van der Waals surface area contributed by atoms with Crippen LogP contribution in [-0.4, -0.2) is 60.5 Å². The van der Waals surface area contributed by atoms with Gasteiger partial charge in [0.2, 0.25) is 5.91 Å². The molecule has 3 aliphatic heterocycles. The van der Waals surface area contributed by atoms with Gasteiger partial charge in [-0.05, 0) is 55.7 Å². The number of fused-ring (bicyclic) bond motifs is 1. The van der Waals surface area contributed by atoms with Gasteiger partial charge < -0.3 is 20.4 Å². The maximum absolute atomic E-state index is 13.0. The third-order valence-electron chi connectivity index (χ3n) is 5.78. The smallest absolute Gasteiger partial charge is 0.320 e. The quantitative estimate of drug-likeness (QED) is 0.827. The summed E-state index contributed by atoms with van der Waals surface area (Å²) < 4.78 is 0. The van der Waals surface area contributed by atoms with Crippen LogP contribution in [0, 0.1) is 5.92 Å². The fourth-order valence-corrected chi connectivity index (χ4v) is 5.16. The molecule has 3 amide bonds. The van der Waals surface area contributed by atoms with Crippen LogP contribution in [0.15, 0.2) is 11.4 Å². The monoisotopic (exact) mass is 376 g/mol. The van der Waals surface area contributed by atoms with Crippen molar-refractivity contribution in [3.63, 3.8) is 0 Å². The number of urea groups is 1. The molecule has 2 saturated heterocycles. The van der Waals surface area contributed by atoms with Crippen molar-refractivity contribution in [2.75, 3.05) is 32.7 Å². The van der Waals surface area contributed by atoms with Gasteiger partial charge in [-0.3, -0.25) is 4.79 Å². The Labute approximate surface area is 158 Å². The number of likely N-dealkylation sites (tertiary alicyclic amines) is 1. The number of nitrogens with zero attached hydrogens (tertiary/aromatic N) is 2. The zero-order valence-corrected chi connectivity index (χ0v) is 16.0. The average molecular weight is 377 g/mol. The van der Waals surface area contributed by atoms with Crippen molar-refractivity contribution >= 4 is 23.3 Å². The standard InChI is InChI=1S/C19H28N4O2S/c24-18(21-16-4-1-7-20-11-16)15-3-2-8-22(13-15)19(25)23-9-5-17-14(12-23)6-10-26-17/h6,10,15-16,20H,1-5,7-9,11-13H2,(H,21,24)/t15?,16-/m0/s1. The Bertz CT molecular complexity index is 656. The molecule has 142 valence electrons. The predicted octanol–water partition coefficient (Wildman–Crippen LogP) is 1.81. The van der Waals surface area contributed by atoms with E-state index in [1.165, 1.54) is 10.4 Å². The molecular formula is C19H28N4O2S. The zero-order valence-electron chi connectivity index (χ0n) is 15.2. The summed E-state index contributed by atoms with van der Waals surface area (Å²) in [5.41, 5.74) is 1.28. The van der Waals surface area contributed by atoms with Gasteiger partial charge in [-0.25, -0.2) is 4.79 Å². The van der Waals surface area contributed by atoms with Gasteiger partial charge in [-0.2, -0.15) is 0 Å². The largest absolute Gasteiger partial charge is 0.352 e. The molecule has 2 N–H and O–H groups in total. The van der Waals surface area contributed by atoms with Crippen LogP contribution in [0.25, 0.3) is 0 Å². The normalized spacial score (nSPS) is 26.3. The van der Waals surface area contributed by atoms with E-state index < -0.39 is 0 Å². The summed E-state index contributed by atoms with van der Waals surface area (Å²) >= 11 is 1.79. The molecule has 0 aliphatic carbocycles. The molecule has 1 aromatic rings. The van der Waals surface area contributed by atoms with E-state index in [1.54, 1.807) is 11.3 Å². The molecule has 0 saturated carbocycles. The molecule has 0 spiro atoms. The molecule has 4 rings (SSSR count). The third kappa shape index (κ3) is 3.88. The van der Waals surface area contributed by atoms with Gasteiger partial charge in [0.25, 0.3) is 0 Å². The molecule has 2 atom stereocenters. The second kappa shape index (κ2) is 7.96. The van der Waals surface area contributed by atoms with Gasteiger partial charge in [0.1, 0.15) is 0 Å². The Balaban J connectivity index is 1.33. The number of carbonyl (C=O) groups excluding carboxylic acids is 2. The SMILES string of the molecule is O=C(N[C@H]1CCCNC1)C1CCCN(C(=O)N2CCc3sccc3C2)C1. The molecule has 1 unspecified atom stereocenters. The highest BCUT2D eigenvalue weighted by molar-refractivity contribution is 7.10. The second-order valence-electron chi connectivity index (χ2n) is 7.66. The Kier molecular flexibility index (Phi) is 5.45. The maximum atomic E-state index is 13.0. The number of thiophene rings is 1. The first-order valence-electron chi connectivity index (χ1n) is 9.81. The number of carbonyl (C=O) groups is 2. The summed E-state index contributed by atoms with van der Waals surface area (Å²) in [6.45, 7) is 4.71. The molecule has 3 aliphatic rings. The second-order valence-corrected chi connectivity index (χ2v) is 8.66. The van der Waals surface area contributed by atoms with Gasteiger partial charge in [0.05, 0.1) is 5.92 Å². The highest BCUT2D eigenvalue weighted by atomic mass is 32.1. The Morgan fingerprint density at radius 3 is 2.96 bits per heavy atom. The van der Waals surface area contributed by atoms with Crippen LogP contribution in [0.3, 0.4) is 0 Å². The van der Waals surface area contributed by atoms with Gasteiger partial charge in [-0.1, -0.05) is 0 Å². The first kappa shape index (κ1) is 17.8. The molecule has 6 nitrogen and oxygen atoms in total. The molecule has 7 heteroatoms. The molecular weight excluding hydrogens is 348 g/mol. The van der Waals surface area contributed by atoms with Crippen LogP contribution in [0.4, 0.5) is 4.79 Å². The molecule has 26 heavy (non-hydrogen) atoms. The predicted molar refractivity (Wildman–Crippen MR) is 102 cm³/mol. The first-order chi connectivity index (χ1) is 12.7. The highest BCUT2D eigenvalue weighted by Gasteiger charge is 2.32. The Morgan fingerprint density at radius 2 is 2.12 bits per heavy atom. The number of nitrogens with one attached hydrogen (secondary N) is 2. The summed E-state index contributed by atoms with van der Waals surface area (Å²) in [5.74, 6) is 0.0473. The van der Waals surface area contributed by atoms with Crippen LogP contribution in [0.5, 0.6) is 0 Å². The topological polar surface area (TPSA) is 64.7 Å². The molecule has 0 radical (unpaired) electrons. The van der Waals surface area contributed by atoms with Crippen molar-refractivity contribution < 1.29 is 9.59 Å². The molecule has 0 bridgehead atoms. The minimum absolute atomic E-state index is 0.0730. The highest BCUT2D eigenvalue weighted by Crippen LogP contribution is 2.26. The molecule has 1 aromatic heterocycles. The summed E-state index contributed by atoms with van der Waals surface area (Å²) in [6, 6.07) is 2.46. The number of amides is 3. The third-order valence-corrected chi connectivity index (χ3v) is 6.81. The zero-order chi connectivity index (χ0) is 17.9. The van der Waals surface area contributed by atoms with Gasteiger partial charge in [-0.15, -0.1) is 11.3 Å². The summed E-state index contributed by atoms with van der Waals surface area (Å²) in [5, 5.41) is 8.63. The Morgan fingerprint density at radius 1 is 1.19 bits per heavy atom. The minimum Gasteiger partial charge on any atom is -0.352 e. The van der Waals surface area contributed by atoms with Crippen molar-refractivity contribution in [1.29, 1.82) is 0 Å². The molecule has 4 heterocycles. The lowest BCUT2D eigenvalue weighted by Gasteiger charge is -2.37. The van der Waals surface area contributed by atoms with Crippen molar-refractivity contribution in [3.8, 4) is 0 Å². The van der Waals surface area contributed by atoms with Crippen molar-refractivity contribution in [2.24, 2.45) is 5.92 Å². The average Bonchev–Trinajstić information content (AvgIpc) is 3.16. The van der Waals surface area contributed by atoms with Crippen molar-refractivity contribution in [2.45, 2.75) is 44.7 Å². The Hall–Kier alpha value is -1.60. The fraction of sp³-hybridized carbons (Fsp3) is 0.684.